The van der Waals surface area contributed by atoms with E-state index in [-0.39, 0.29) is 11.3 Å². The number of para-hydroxylation sites is 1. The summed E-state index contributed by atoms with van der Waals surface area (Å²) >= 11 is 0. The van der Waals surface area contributed by atoms with Crippen molar-refractivity contribution < 1.29 is 19.0 Å². The Morgan fingerprint density at radius 2 is 2.03 bits per heavy atom. The standard InChI is InChI=1S/C21H15FN4O3/c1-29-20(28)21(14-7-6-12(27)10-16(14)22)15-8-9-26-19(15)18(23-11-24-26)13-4-2-3-5-17(13)25-21/h2-11,25,27H,1H3. The van der Waals surface area contributed by atoms with Gasteiger partial charge in [-0.05, 0) is 24.3 Å². The van der Waals surface area contributed by atoms with Crippen LogP contribution >= 0.6 is 0 Å². The van der Waals surface area contributed by atoms with Gasteiger partial charge in [-0.25, -0.2) is 18.7 Å². The molecule has 2 aromatic heterocycles. The van der Waals surface area contributed by atoms with Gasteiger partial charge in [0.1, 0.15) is 23.6 Å². The summed E-state index contributed by atoms with van der Waals surface area (Å²) in [5, 5.41) is 17.1. The van der Waals surface area contributed by atoms with Crippen molar-refractivity contribution in [3.05, 3.63) is 78.0 Å². The molecule has 0 spiro atoms. The number of hydrogen-bond donors (Lipinski definition) is 2. The van der Waals surface area contributed by atoms with Gasteiger partial charge in [0.2, 0.25) is 0 Å². The number of aromatic hydroxyl groups is 1. The summed E-state index contributed by atoms with van der Waals surface area (Å²) in [5.41, 5.74) is 1.23. The van der Waals surface area contributed by atoms with Crippen molar-refractivity contribution in [3.8, 4) is 17.0 Å². The number of rotatable bonds is 2. The molecule has 1 aliphatic rings. The van der Waals surface area contributed by atoms with E-state index in [9.17, 15) is 9.90 Å². The maximum Gasteiger partial charge on any atom is 0.341 e. The van der Waals surface area contributed by atoms with E-state index in [1.165, 1.54) is 25.6 Å². The number of carbonyl (C=O) groups excluding carboxylic acids is 1. The first-order valence-electron chi connectivity index (χ1n) is 8.84. The van der Waals surface area contributed by atoms with Gasteiger partial charge in [-0.3, -0.25) is 0 Å². The lowest BCUT2D eigenvalue weighted by atomic mass is 9.82. The van der Waals surface area contributed by atoms with Gasteiger partial charge in [-0.2, -0.15) is 5.10 Å². The number of nitrogens with one attached hydrogen (secondary N) is 1. The second kappa shape index (κ2) is 6.03. The number of esters is 1. The van der Waals surface area contributed by atoms with Crippen LogP contribution in [0.4, 0.5) is 10.1 Å². The van der Waals surface area contributed by atoms with Gasteiger partial charge in [-0.1, -0.05) is 18.2 Å². The molecule has 8 heteroatoms. The summed E-state index contributed by atoms with van der Waals surface area (Å²) in [5.74, 6) is -1.70. The van der Waals surface area contributed by atoms with E-state index in [2.05, 4.69) is 15.4 Å². The van der Waals surface area contributed by atoms with Crippen LogP contribution in [0.15, 0.2) is 61.1 Å². The second-order valence-corrected chi connectivity index (χ2v) is 6.71. The second-order valence-electron chi connectivity index (χ2n) is 6.71. The predicted molar refractivity (Wildman–Crippen MR) is 103 cm³/mol. The van der Waals surface area contributed by atoms with E-state index in [4.69, 9.17) is 4.74 Å². The highest BCUT2D eigenvalue weighted by Crippen LogP contribution is 2.46. The van der Waals surface area contributed by atoms with Crippen molar-refractivity contribution in [3.63, 3.8) is 0 Å². The quantitative estimate of drug-likeness (QED) is 0.512. The molecule has 2 aromatic carbocycles. The molecule has 1 unspecified atom stereocenters. The molecule has 1 atom stereocenters. The van der Waals surface area contributed by atoms with Crippen LogP contribution in [0.1, 0.15) is 11.1 Å². The summed E-state index contributed by atoms with van der Waals surface area (Å²) in [6, 6.07) is 12.7. The summed E-state index contributed by atoms with van der Waals surface area (Å²) in [7, 11) is 1.25. The number of methoxy groups -OCH3 is 1. The minimum absolute atomic E-state index is 0.0155. The Labute approximate surface area is 164 Å². The zero-order valence-electron chi connectivity index (χ0n) is 15.3. The van der Waals surface area contributed by atoms with Gasteiger partial charge in [0, 0.05) is 34.6 Å². The molecular weight excluding hydrogens is 375 g/mol. The Morgan fingerprint density at radius 1 is 1.21 bits per heavy atom. The highest BCUT2D eigenvalue weighted by molar-refractivity contribution is 6.00. The van der Waals surface area contributed by atoms with Gasteiger partial charge < -0.3 is 15.2 Å². The van der Waals surface area contributed by atoms with E-state index < -0.39 is 17.3 Å². The van der Waals surface area contributed by atoms with Crippen LogP contribution in [0.5, 0.6) is 5.75 Å². The number of ether oxygens (including phenoxy) is 1. The minimum atomic E-state index is -1.71. The number of aromatic nitrogens is 3. The van der Waals surface area contributed by atoms with Crippen molar-refractivity contribution in [2.75, 3.05) is 12.4 Å². The fourth-order valence-corrected chi connectivity index (χ4v) is 3.97. The number of nitrogens with zero attached hydrogens (tertiary/aromatic N) is 3. The lowest BCUT2D eigenvalue weighted by Crippen LogP contribution is -2.45. The molecule has 0 aliphatic carbocycles. The maximum absolute atomic E-state index is 15.1. The van der Waals surface area contributed by atoms with Crippen molar-refractivity contribution in [2.45, 2.75) is 5.54 Å². The average Bonchev–Trinajstić information content (AvgIpc) is 3.11. The number of carbonyl (C=O) groups is 1. The Balaban J connectivity index is 1.97. The van der Waals surface area contributed by atoms with E-state index in [1.54, 1.807) is 22.8 Å². The molecule has 0 saturated heterocycles. The summed E-state index contributed by atoms with van der Waals surface area (Å²) in [6.07, 6.45) is 3.11. The Bertz CT molecular complexity index is 1290. The molecular formula is C21H15FN4O3. The lowest BCUT2D eigenvalue weighted by molar-refractivity contribution is -0.144. The summed E-state index contributed by atoms with van der Waals surface area (Å²) in [6.45, 7) is 0. The van der Waals surface area contributed by atoms with Gasteiger partial charge >= 0.3 is 5.97 Å². The first-order valence-corrected chi connectivity index (χ1v) is 8.84. The van der Waals surface area contributed by atoms with Crippen LogP contribution in [0.3, 0.4) is 0 Å². The van der Waals surface area contributed by atoms with Crippen LogP contribution < -0.4 is 5.32 Å². The third-order valence-corrected chi connectivity index (χ3v) is 5.21. The van der Waals surface area contributed by atoms with Crippen LogP contribution in [0.2, 0.25) is 0 Å². The minimum Gasteiger partial charge on any atom is -0.508 e. The van der Waals surface area contributed by atoms with E-state index in [1.807, 2.05) is 18.2 Å². The number of benzene rings is 2. The number of hydrogen-bond acceptors (Lipinski definition) is 6. The SMILES string of the molecule is COC(=O)C1(c2ccc(O)cc2F)Nc2ccccc2-c2ncnn3ccc1c23. The summed E-state index contributed by atoms with van der Waals surface area (Å²) in [4.78, 5) is 17.7. The number of phenols is 1. The van der Waals surface area contributed by atoms with Gasteiger partial charge in [-0.15, -0.1) is 0 Å². The molecule has 3 heterocycles. The predicted octanol–water partition coefficient (Wildman–Crippen LogP) is 3.08. The largest absolute Gasteiger partial charge is 0.508 e. The monoisotopic (exact) mass is 390 g/mol. The number of halogens is 1. The molecule has 1 aliphatic heterocycles. The maximum atomic E-state index is 15.1. The number of phenolic OH excluding ortho intramolecular Hbond substituents is 1. The van der Waals surface area contributed by atoms with Crippen LogP contribution in [-0.4, -0.2) is 32.8 Å². The Hall–Kier alpha value is -3.94. The molecule has 0 bridgehead atoms. The molecule has 29 heavy (non-hydrogen) atoms. The fourth-order valence-electron chi connectivity index (χ4n) is 3.97. The molecule has 0 amide bonds. The number of anilines is 1. The third kappa shape index (κ3) is 2.25. The third-order valence-electron chi connectivity index (χ3n) is 5.21. The van der Waals surface area contributed by atoms with Crippen LogP contribution in [0, 0.1) is 5.82 Å². The fraction of sp³-hybridized carbons (Fsp3) is 0.0952. The van der Waals surface area contributed by atoms with E-state index in [0.717, 1.165) is 11.6 Å². The van der Waals surface area contributed by atoms with Gasteiger partial charge in [0.25, 0.3) is 0 Å². The zero-order chi connectivity index (χ0) is 20.2. The van der Waals surface area contributed by atoms with Crippen molar-refractivity contribution in [1.82, 2.24) is 14.6 Å². The highest BCUT2D eigenvalue weighted by atomic mass is 19.1. The molecule has 0 radical (unpaired) electrons. The normalized spacial score (nSPS) is 17.3. The Morgan fingerprint density at radius 3 is 2.83 bits per heavy atom. The topological polar surface area (TPSA) is 88.8 Å². The smallest absolute Gasteiger partial charge is 0.341 e. The van der Waals surface area contributed by atoms with Crippen molar-refractivity contribution >= 4 is 17.2 Å². The lowest BCUT2D eigenvalue weighted by Gasteiger charge is -2.33. The summed E-state index contributed by atoms with van der Waals surface area (Å²) < 4.78 is 21.8. The zero-order valence-corrected chi connectivity index (χ0v) is 15.3. The average molecular weight is 390 g/mol. The van der Waals surface area contributed by atoms with E-state index in [0.29, 0.717) is 22.5 Å². The first kappa shape index (κ1) is 17.2. The van der Waals surface area contributed by atoms with Crippen LogP contribution in [-0.2, 0) is 15.1 Å². The molecule has 0 fully saturated rings. The molecule has 4 aromatic rings. The molecule has 5 rings (SSSR count). The molecule has 0 saturated carbocycles. The molecule has 2 N–H and O–H groups in total. The highest BCUT2D eigenvalue weighted by Gasteiger charge is 2.49. The first-order chi connectivity index (χ1) is 14.1. The van der Waals surface area contributed by atoms with Crippen LogP contribution in [0.25, 0.3) is 16.8 Å². The van der Waals surface area contributed by atoms with Gasteiger partial charge in [0.05, 0.1) is 12.6 Å². The van der Waals surface area contributed by atoms with Gasteiger partial charge in [0.15, 0.2) is 5.54 Å². The molecule has 144 valence electrons. The van der Waals surface area contributed by atoms with E-state index >= 15 is 4.39 Å². The van der Waals surface area contributed by atoms with Crippen molar-refractivity contribution in [1.29, 1.82) is 0 Å². The Kier molecular flexibility index (Phi) is 3.57. The molecule has 7 nitrogen and oxygen atoms in total. The van der Waals surface area contributed by atoms with Crippen molar-refractivity contribution in [2.24, 2.45) is 0 Å². The number of fused-ring (bicyclic) bond motifs is 2.